The first kappa shape index (κ1) is 9.40. The SMILES string of the molecule is CSCC[C@@H]1[C@@H](CN)C1(C)C. The average molecular weight is 173 g/mol. The molecule has 66 valence electrons. The number of hydrogen-bond donors (Lipinski definition) is 1. The zero-order valence-corrected chi connectivity index (χ0v) is 8.58. The van der Waals surface area contributed by atoms with Gasteiger partial charge in [-0.3, -0.25) is 0 Å². The first-order valence-corrected chi connectivity index (χ1v) is 5.73. The van der Waals surface area contributed by atoms with Crippen molar-refractivity contribution in [3.8, 4) is 0 Å². The van der Waals surface area contributed by atoms with E-state index in [-0.39, 0.29) is 0 Å². The molecular formula is C9H19NS. The maximum Gasteiger partial charge on any atom is -0.00408 e. The lowest BCUT2D eigenvalue weighted by molar-refractivity contribution is 0.533. The lowest BCUT2D eigenvalue weighted by Gasteiger charge is -2.00. The molecule has 11 heavy (non-hydrogen) atoms. The van der Waals surface area contributed by atoms with Crippen LogP contribution in [0, 0.1) is 17.3 Å². The molecular weight excluding hydrogens is 154 g/mol. The molecule has 0 heterocycles. The fraction of sp³-hybridized carbons (Fsp3) is 1.00. The maximum atomic E-state index is 5.66. The summed E-state index contributed by atoms with van der Waals surface area (Å²) in [5.41, 5.74) is 6.21. The van der Waals surface area contributed by atoms with Crippen LogP contribution in [0.5, 0.6) is 0 Å². The molecule has 2 atom stereocenters. The van der Waals surface area contributed by atoms with Crippen molar-refractivity contribution in [1.29, 1.82) is 0 Å². The van der Waals surface area contributed by atoms with Crippen LogP contribution in [0.3, 0.4) is 0 Å². The van der Waals surface area contributed by atoms with Crippen molar-refractivity contribution < 1.29 is 0 Å². The van der Waals surface area contributed by atoms with Gasteiger partial charge >= 0.3 is 0 Å². The molecule has 1 fully saturated rings. The molecule has 0 aromatic rings. The second-order valence-corrected chi connectivity index (χ2v) is 5.04. The summed E-state index contributed by atoms with van der Waals surface area (Å²) in [7, 11) is 0. The minimum absolute atomic E-state index is 0.546. The summed E-state index contributed by atoms with van der Waals surface area (Å²) < 4.78 is 0. The topological polar surface area (TPSA) is 26.0 Å². The normalized spacial score (nSPS) is 33.8. The number of rotatable bonds is 4. The Bertz CT molecular complexity index is 134. The Hall–Kier alpha value is 0.310. The van der Waals surface area contributed by atoms with Crippen LogP contribution in [-0.4, -0.2) is 18.6 Å². The zero-order chi connectivity index (χ0) is 8.48. The van der Waals surface area contributed by atoms with Crippen LogP contribution in [0.25, 0.3) is 0 Å². The lowest BCUT2D eigenvalue weighted by atomic mass is 10.1. The van der Waals surface area contributed by atoms with Crippen LogP contribution in [0.1, 0.15) is 20.3 Å². The van der Waals surface area contributed by atoms with Gasteiger partial charge in [0.2, 0.25) is 0 Å². The van der Waals surface area contributed by atoms with E-state index >= 15 is 0 Å². The molecule has 1 nitrogen and oxygen atoms in total. The summed E-state index contributed by atoms with van der Waals surface area (Å²) in [5, 5.41) is 0. The Morgan fingerprint density at radius 3 is 2.36 bits per heavy atom. The van der Waals surface area contributed by atoms with Crippen molar-refractivity contribution in [2.45, 2.75) is 20.3 Å². The van der Waals surface area contributed by atoms with Gasteiger partial charge in [-0.2, -0.15) is 11.8 Å². The minimum Gasteiger partial charge on any atom is -0.330 e. The first-order chi connectivity index (χ1) is 5.14. The Kier molecular flexibility index (Phi) is 2.87. The van der Waals surface area contributed by atoms with Gasteiger partial charge < -0.3 is 5.73 Å². The largest absolute Gasteiger partial charge is 0.330 e. The molecule has 1 aliphatic carbocycles. The summed E-state index contributed by atoms with van der Waals surface area (Å²) >= 11 is 1.94. The second kappa shape index (κ2) is 3.36. The molecule has 1 rings (SSSR count). The lowest BCUT2D eigenvalue weighted by Crippen LogP contribution is -2.05. The Morgan fingerprint density at radius 2 is 2.00 bits per heavy atom. The molecule has 0 aromatic heterocycles. The van der Waals surface area contributed by atoms with Crippen LogP contribution in [0.4, 0.5) is 0 Å². The Morgan fingerprint density at radius 1 is 1.36 bits per heavy atom. The highest BCUT2D eigenvalue weighted by Crippen LogP contribution is 2.59. The number of nitrogens with two attached hydrogens (primary N) is 1. The minimum atomic E-state index is 0.546. The molecule has 0 aromatic carbocycles. The van der Waals surface area contributed by atoms with Gasteiger partial charge in [-0.15, -0.1) is 0 Å². The fourth-order valence-corrected chi connectivity index (χ4v) is 2.63. The molecule has 0 bridgehead atoms. The van der Waals surface area contributed by atoms with Crippen LogP contribution in [0.2, 0.25) is 0 Å². The van der Waals surface area contributed by atoms with Gasteiger partial charge in [-0.25, -0.2) is 0 Å². The highest BCUT2D eigenvalue weighted by molar-refractivity contribution is 7.98. The quantitative estimate of drug-likeness (QED) is 0.703. The van der Waals surface area contributed by atoms with E-state index in [1.165, 1.54) is 12.2 Å². The van der Waals surface area contributed by atoms with E-state index in [0.29, 0.717) is 5.41 Å². The van der Waals surface area contributed by atoms with Crippen molar-refractivity contribution in [3.05, 3.63) is 0 Å². The molecule has 0 amide bonds. The predicted octanol–water partition coefficient (Wildman–Crippen LogP) is 1.97. The van der Waals surface area contributed by atoms with Gasteiger partial charge in [0.1, 0.15) is 0 Å². The summed E-state index contributed by atoms with van der Waals surface area (Å²) in [5.74, 6) is 3.00. The van der Waals surface area contributed by atoms with Crippen molar-refractivity contribution in [2.75, 3.05) is 18.6 Å². The zero-order valence-electron chi connectivity index (χ0n) is 7.76. The van der Waals surface area contributed by atoms with E-state index in [9.17, 15) is 0 Å². The molecule has 0 radical (unpaired) electrons. The van der Waals surface area contributed by atoms with Crippen molar-refractivity contribution in [1.82, 2.24) is 0 Å². The highest BCUT2D eigenvalue weighted by atomic mass is 32.2. The number of thioether (sulfide) groups is 1. The fourth-order valence-electron chi connectivity index (χ4n) is 2.14. The van der Waals surface area contributed by atoms with Gasteiger partial charge in [-0.05, 0) is 42.2 Å². The van der Waals surface area contributed by atoms with Gasteiger partial charge in [-0.1, -0.05) is 13.8 Å². The van der Waals surface area contributed by atoms with Gasteiger partial charge in [0.05, 0.1) is 0 Å². The van der Waals surface area contributed by atoms with E-state index in [4.69, 9.17) is 5.73 Å². The van der Waals surface area contributed by atoms with Crippen LogP contribution >= 0.6 is 11.8 Å². The van der Waals surface area contributed by atoms with Crippen molar-refractivity contribution in [3.63, 3.8) is 0 Å². The Balaban J connectivity index is 2.28. The second-order valence-electron chi connectivity index (χ2n) is 4.05. The van der Waals surface area contributed by atoms with Crippen molar-refractivity contribution >= 4 is 11.8 Å². The predicted molar refractivity (Wildman–Crippen MR) is 52.8 cm³/mol. The van der Waals surface area contributed by atoms with Crippen molar-refractivity contribution in [2.24, 2.45) is 23.0 Å². The van der Waals surface area contributed by atoms with E-state index in [1.807, 2.05) is 11.8 Å². The van der Waals surface area contributed by atoms with E-state index < -0.39 is 0 Å². The first-order valence-electron chi connectivity index (χ1n) is 4.33. The Labute approximate surface area is 74.1 Å². The summed E-state index contributed by atoms with van der Waals surface area (Å²) in [6.45, 7) is 5.57. The van der Waals surface area contributed by atoms with Gasteiger partial charge in [0.25, 0.3) is 0 Å². The molecule has 0 spiro atoms. The summed E-state index contributed by atoms with van der Waals surface area (Å²) in [6.07, 6.45) is 3.53. The molecule has 0 unspecified atom stereocenters. The maximum absolute atomic E-state index is 5.66. The van der Waals surface area contributed by atoms with E-state index in [2.05, 4.69) is 20.1 Å². The molecule has 0 aliphatic heterocycles. The molecule has 1 aliphatic rings. The molecule has 2 heteroatoms. The smallest absolute Gasteiger partial charge is 0.00408 e. The highest BCUT2D eigenvalue weighted by Gasteiger charge is 2.55. The van der Waals surface area contributed by atoms with E-state index in [0.717, 1.165) is 18.4 Å². The standard InChI is InChI=1S/C9H19NS/c1-9(2)7(4-5-11-3)8(9)6-10/h7-8H,4-6,10H2,1-3H3/t7-,8-/m1/s1. The summed E-state index contributed by atoms with van der Waals surface area (Å²) in [4.78, 5) is 0. The third-order valence-corrected chi connectivity index (χ3v) is 3.82. The molecule has 2 N–H and O–H groups in total. The third kappa shape index (κ3) is 1.73. The summed E-state index contributed by atoms with van der Waals surface area (Å²) in [6, 6.07) is 0. The number of hydrogen-bond acceptors (Lipinski definition) is 2. The third-order valence-electron chi connectivity index (χ3n) is 3.17. The van der Waals surface area contributed by atoms with Crippen LogP contribution < -0.4 is 5.73 Å². The van der Waals surface area contributed by atoms with E-state index in [1.54, 1.807) is 0 Å². The molecule has 1 saturated carbocycles. The monoisotopic (exact) mass is 173 g/mol. The van der Waals surface area contributed by atoms with Crippen LogP contribution in [-0.2, 0) is 0 Å². The van der Waals surface area contributed by atoms with Crippen LogP contribution in [0.15, 0.2) is 0 Å². The van der Waals surface area contributed by atoms with Gasteiger partial charge in [0.15, 0.2) is 0 Å². The van der Waals surface area contributed by atoms with Gasteiger partial charge in [0, 0.05) is 0 Å². The average Bonchev–Trinajstić information content (AvgIpc) is 2.48. The molecule has 0 saturated heterocycles.